The standard InChI is InChI=1S/C14H13N3O2S/c1-17-13-8-7-11(20(15,18)19)9-12(13)16-14(17)10-5-3-2-4-6-10/h2-9H,1H3,(H2,15,18,19). The van der Waals surface area contributed by atoms with E-state index in [9.17, 15) is 8.42 Å². The zero-order chi connectivity index (χ0) is 14.3. The summed E-state index contributed by atoms with van der Waals surface area (Å²) in [5, 5.41) is 5.14. The van der Waals surface area contributed by atoms with Crippen LogP contribution in [0.2, 0.25) is 0 Å². The van der Waals surface area contributed by atoms with Crippen molar-refractivity contribution in [3.63, 3.8) is 0 Å². The van der Waals surface area contributed by atoms with Crippen molar-refractivity contribution >= 4 is 21.1 Å². The molecule has 102 valence electrons. The smallest absolute Gasteiger partial charge is 0.238 e. The number of aromatic nitrogens is 2. The van der Waals surface area contributed by atoms with E-state index in [1.54, 1.807) is 6.07 Å². The van der Waals surface area contributed by atoms with E-state index in [0.717, 1.165) is 16.9 Å². The minimum atomic E-state index is -3.71. The van der Waals surface area contributed by atoms with Crippen LogP contribution in [-0.2, 0) is 17.1 Å². The van der Waals surface area contributed by atoms with Gasteiger partial charge in [-0.1, -0.05) is 30.3 Å². The normalized spacial score (nSPS) is 11.9. The number of hydrogen-bond acceptors (Lipinski definition) is 3. The summed E-state index contributed by atoms with van der Waals surface area (Å²) in [5.41, 5.74) is 2.44. The SMILES string of the molecule is Cn1c(-c2ccccc2)nc2cc(S(N)(=O)=O)ccc21. The number of primary sulfonamides is 1. The van der Waals surface area contributed by atoms with Crippen LogP contribution in [0.4, 0.5) is 0 Å². The molecule has 0 spiro atoms. The van der Waals surface area contributed by atoms with Crippen LogP contribution in [0.25, 0.3) is 22.4 Å². The molecule has 0 aliphatic heterocycles. The third kappa shape index (κ3) is 2.09. The van der Waals surface area contributed by atoms with Crippen LogP contribution in [0, 0.1) is 0 Å². The molecule has 1 heterocycles. The molecule has 0 aliphatic carbocycles. The number of nitrogens with zero attached hydrogens (tertiary/aromatic N) is 2. The lowest BCUT2D eigenvalue weighted by atomic mass is 10.2. The molecule has 0 saturated heterocycles. The number of fused-ring (bicyclic) bond motifs is 1. The molecule has 3 rings (SSSR count). The molecule has 0 saturated carbocycles. The molecule has 0 atom stereocenters. The summed E-state index contributed by atoms with van der Waals surface area (Å²) < 4.78 is 24.7. The van der Waals surface area contributed by atoms with Gasteiger partial charge < -0.3 is 4.57 Å². The van der Waals surface area contributed by atoms with Gasteiger partial charge in [0, 0.05) is 12.6 Å². The maximum absolute atomic E-state index is 11.4. The van der Waals surface area contributed by atoms with Gasteiger partial charge in [0.15, 0.2) is 0 Å². The van der Waals surface area contributed by atoms with Gasteiger partial charge in [-0.2, -0.15) is 0 Å². The highest BCUT2D eigenvalue weighted by Crippen LogP contribution is 2.24. The van der Waals surface area contributed by atoms with Gasteiger partial charge >= 0.3 is 0 Å². The Bertz CT molecular complexity index is 883. The first kappa shape index (κ1) is 12.8. The van der Waals surface area contributed by atoms with Crippen LogP contribution in [0.3, 0.4) is 0 Å². The van der Waals surface area contributed by atoms with Gasteiger partial charge in [0.1, 0.15) is 5.82 Å². The Morgan fingerprint density at radius 3 is 2.45 bits per heavy atom. The first-order valence-electron chi connectivity index (χ1n) is 6.01. The second-order valence-electron chi connectivity index (χ2n) is 4.56. The molecular formula is C14H13N3O2S. The number of sulfonamides is 1. The number of hydrogen-bond donors (Lipinski definition) is 1. The van der Waals surface area contributed by atoms with Crippen LogP contribution in [0.1, 0.15) is 0 Å². The van der Waals surface area contributed by atoms with Gasteiger partial charge in [0.05, 0.1) is 15.9 Å². The highest BCUT2D eigenvalue weighted by atomic mass is 32.2. The van der Waals surface area contributed by atoms with Crippen molar-refractivity contribution in [2.24, 2.45) is 12.2 Å². The third-order valence-electron chi connectivity index (χ3n) is 3.21. The molecule has 20 heavy (non-hydrogen) atoms. The van der Waals surface area contributed by atoms with E-state index >= 15 is 0 Å². The molecule has 6 heteroatoms. The molecule has 5 nitrogen and oxygen atoms in total. The Hall–Kier alpha value is -2.18. The van der Waals surface area contributed by atoms with Gasteiger partial charge in [0.25, 0.3) is 0 Å². The summed E-state index contributed by atoms with van der Waals surface area (Å²) in [5.74, 6) is 0.784. The van der Waals surface area contributed by atoms with Crippen molar-refractivity contribution in [3.05, 3.63) is 48.5 Å². The Morgan fingerprint density at radius 1 is 1.10 bits per heavy atom. The van der Waals surface area contributed by atoms with Crippen molar-refractivity contribution in [2.45, 2.75) is 4.90 Å². The van der Waals surface area contributed by atoms with E-state index in [-0.39, 0.29) is 4.90 Å². The van der Waals surface area contributed by atoms with Crippen LogP contribution in [0.5, 0.6) is 0 Å². The molecule has 0 bridgehead atoms. The van der Waals surface area contributed by atoms with Gasteiger partial charge in [-0.05, 0) is 18.2 Å². The molecule has 1 aromatic heterocycles. The van der Waals surface area contributed by atoms with E-state index < -0.39 is 10.0 Å². The molecule has 0 radical (unpaired) electrons. The molecule has 0 amide bonds. The van der Waals surface area contributed by atoms with E-state index in [1.807, 2.05) is 41.9 Å². The van der Waals surface area contributed by atoms with Gasteiger partial charge in [-0.15, -0.1) is 0 Å². The monoisotopic (exact) mass is 287 g/mol. The van der Waals surface area contributed by atoms with Gasteiger partial charge in [0.2, 0.25) is 10.0 Å². The molecule has 2 aromatic carbocycles. The maximum Gasteiger partial charge on any atom is 0.238 e. The van der Waals surface area contributed by atoms with E-state index in [1.165, 1.54) is 12.1 Å². The van der Waals surface area contributed by atoms with Crippen molar-refractivity contribution < 1.29 is 8.42 Å². The van der Waals surface area contributed by atoms with Crippen LogP contribution >= 0.6 is 0 Å². The summed E-state index contributed by atoms with van der Waals surface area (Å²) in [6.07, 6.45) is 0. The Balaban J connectivity index is 2.25. The van der Waals surface area contributed by atoms with Crippen molar-refractivity contribution in [3.8, 4) is 11.4 Å². The second kappa shape index (κ2) is 4.43. The lowest BCUT2D eigenvalue weighted by molar-refractivity contribution is 0.598. The maximum atomic E-state index is 11.4. The molecule has 0 fully saturated rings. The van der Waals surface area contributed by atoms with E-state index in [0.29, 0.717) is 5.52 Å². The summed E-state index contributed by atoms with van der Waals surface area (Å²) in [6, 6.07) is 14.4. The summed E-state index contributed by atoms with van der Waals surface area (Å²) in [4.78, 5) is 4.57. The molecular weight excluding hydrogens is 274 g/mol. The van der Waals surface area contributed by atoms with Crippen LogP contribution in [0.15, 0.2) is 53.4 Å². The number of rotatable bonds is 2. The molecule has 3 aromatic rings. The zero-order valence-corrected chi connectivity index (χ0v) is 11.6. The van der Waals surface area contributed by atoms with Gasteiger partial charge in [-0.25, -0.2) is 18.5 Å². The Morgan fingerprint density at radius 2 is 1.80 bits per heavy atom. The van der Waals surface area contributed by atoms with Gasteiger partial charge in [-0.3, -0.25) is 0 Å². The predicted octanol–water partition coefficient (Wildman–Crippen LogP) is 1.89. The fourth-order valence-corrected chi connectivity index (χ4v) is 2.74. The lowest BCUT2D eigenvalue weighted by Crippen LogP contribution is -2.11. The fourth-order valence-electron chi connectivity index (χ4n) is 2.20. The molecule has 0 aliphatic rings. The minimum Gasteiger partial charge on any atom is -0.327 e. The first-order chi connectivity index (χ1) is 9.47. The largest absolute Gasteiger partial charge is 0.327 e. The summed E-state index contributed by atoms with van der Waals surface area (Å²) >= 11 is 0. The third-order valence-corrected chi connectivity index (χ3v) is 4.12. The van der Waals surface area contributed by atoms with Crippen molar-refractivity contribution in [2.75, 3.05) is 0 Å². The summed E-state index contributed by atoms with van der Waals surface area (Å²) in [7, 11) is -1.81. The summed E-state index contributed by atoms with van der Waals surface area (Å²) in [6.45, 7) is 0. The van der Waals surface area contributed by atoms with Crippen molar-refractivity contribution in [1.82, 2.24) is 9.55 Å². The first-order valence-corrected chi connectivity index (χ1v) is 7.56. The highest BCUT2D eigenvalue weighted by molar-refractivity contribution is 7.89. The number of imidazole rings is 1. The minimum absolute atomic E-state index is 0.0720. The average molecular weight is 287 g/mol. The molecule has 2 N–H and O–H groups in total. The fraction of sp³-hybridized carbons (Fsp3) is 0.0714. The lowest BCUT2D eigenvalue weighted by Gasteiger charge is -2.02. The number of benzene rings is 2. The topological polar surface area (TPSA) is 78.0 Å². The van der Waals surface area contributed by atoms with Crippen LogP contribution < -0.4 is 5.14 Å². The quantitative estimate of drug-likeness (QED) is 0.781. The second-order valence-corrected chi connectivity index (χ2v) is 6.12. The Labute approximate surface area is 116 Å². The number of aryl methyl sites for hydroxylation is 1. The molecule has 0 unspecified atom stereocenters. The number of nitrogens with two attached hydrogens (primary N) is 1. The van der Waals surface area contributed by atoms with Crippen molar-refractivity contribution in [1.29, 1.82) is 0 Å². The highest BCUT2D eigenvalue weighted by Gasteiger charge is 2.13. The predicted molar refractivity (Wildman–Crippen MR) is 77.5 cm³/mol. The van der Waals surface area contributed by atoms with Crippen LogP contribution in [-0.4, -0.2) is 18.0 Å². The Kier molecular flexibility index (Phi) is 2.84. The average Bonchev–Trinajstić information content (AvgIpc) is 2.76. The van der Waals surface area contributed by atoms with E-state index in [2.05, 4.69) is 4.98 Å². The van der Waals surface area contributed by atoms with E-state index in [4.69, 9.17) is 5.14 Å². The zero-order valence-electron chi connectivity index (χ0n) is 10.8.